The van der Waals surface area contributed by atoms with E-state index in [4.69, 9.17) is 0 Å². The molecule has 2 rings (SSSR count). The van der Waals surface area contributed by atoms with Crippen molar-refractivity contribution in [2.24, 2.45) is 0 Å². The van der Waals surface area contributed by atoms with Gasteiger partial charge in [0.15, 0.2) is 0 Å². The molecular formula is C12H9N2O2. The number of amides is 1. The van der Waals surface area contributed by atoms with E-state index in [2.05, 4.69) is 11.1 Å². The Morgan fingerprint density at radius 3 is 2.69 bits per heavy atom. The normalized spacial score (nSPS) is 9.81. The predicted molar refractivity (Wildman–Crippen MR) is 58.1 cm³/mol. The molecule has 0 fully saturated rings. The van der Waals surface area contributed by atoms with Crippen LogP contribution in [0.25, 0.3) is 0 Å². The number of hydroxylamine groups is 1. The zero-order valence-electron chi connectivity index (χ0n) is 8.37. The van der Waals surface area contributed by atoms with Crippen LogP contribution in [0.1, 0.15) is 10.5 Å². The summed E-state index contributed by atoms with van der Waals surface area (Å²) < 4.78 is 0. The Balaban J connectivity index is 2.24. The van der Waals surface area contributed by atoms with E-state index in [1.165, 1.54) is 12.3 Å². The lowest BCUT2D eigenvalue weighted by atomic mass is 10.3. The molecule has 4 nitrogen and oxygen atoms in total. The van der Waals surface area contributed by atoms with Crippen molar-refractivity contribution in [1.82, 2.24) is 4.98 Å². The summed E-state index contributed by atoms with van der Waals surface area (Å²) in [5, 5.41) is 10.2. The molecule has 1 aromatic carbocycles. The summed E-state index contributed by atoms with van der Waals surface area (Å²) >= 11 is 0. The van der Waals surface area contributed by atoms with E-state index in [0.717, 1.165) is 0 Å². The maximum absolute atomic E-state index is 11.7. The molecule has 1 amide bonds. The largest absolute Gasteiger partial charge is 0.300 e. The first-order valence-electron chi connectivity index (χ1n) is 4.70. The van der Waals surface area contributed by atoms with Crippen molar-refractivity contribution in [1.29, 1.82) is 0 Å². The van der Waals surface area contributed by atoms with Crippen molar-refractivity contribution in [2.75, 3.05) is 5.06 Å². The van der Waals surface area contributed by atoms with Crippen LogP contribution in [0.2, 0.25) is 0 Å². The minimum atomic E-state index is -0.581. The number of anilines is 1. The maximum atomic E-state index is 11.7. The Hall–Kier alpha value is -2.20. The number of hydrogen-bond donors (Lipinski definition) is 1. The smallest absolute Gasteiger partial charge is 0.281 e. The van der Waals surface area contributed by atoms with Crippen molar-refractivity contribution >= 4 is 11.6 Å². The van der Waals surface area contributed by atoms with E-state index >= 15 is 0 Å². The minimum Gasteiger partial charge on any atom is -0.281 e. The summed E-state index contributed by atoms with van der Waals surface area (Å²) in [4.78, 5) is 15.6. The molecule has 2 aromatic rings. The molecule has 1 heterocycles. The number of hydrogen-bond acceptors (Lipinski definition) is 3. The summed E-state index contributed by atoms with van der Waals surface area (Å²) in [7, 11) is 0. The van der Waals surface area contributed by atoms with Crippen molar-refractivity contribution < 1.29 is 10.0 Å². The van der Waals surface area contributed by atoms with Crippen LogP contribution in [-0.2, 0) is 0 Å². The van der Waals surface area contributed by atoms with Gasteiger partial charge in [-0.15, -0.1) is 0 Å². The standard InChI is InChI=1S/C12H9N2O2/c15-12(11-8-4-5-9-13-11)14(16)10-6-2-1-3-7-10/h1-6,8-9,16H. The van der Waals surface area contributed by atoms with Crippen LogP contribution in [0.3, 0.4) is 0 Å². The molecular weight excluding hydrogens is 204 g/mol. The summed E-state index contributed by atoms with van der Waals surface area (Å²) in [5.74, 6) is -0.581. The first kappa shape index (κ1) is 10.3. The molecule has 1 N–H and O–H groups in total. The molecule has 16 heavy (non-hydrogen) atoms. The van der Waals surface area contributed by atoms with Crippen LogP contribution in [0.15, 0.2) is 48.7 Å². The summed E-state index contributed by atoms with van der Waals surface area (Å²) in [6, 6.07) is 14.3. The van der Waals surface area contributed by atoms with Gasteiger partial charge >= 0.3 is 5.91 Å². The van der Waals surface area contributed by atoms with Gasteiger partial charge in [0.1, 0.15) is 5.69 Å². The second kappa shape index (κ2) is 4.55. The number of pyridine rings is 1. The fourth-order valence-electron chi connectivity index (χ4n) is 1.22. The molecule has 0 spiro atoms. The van der Waals surface area contributed by atoms with Gasteiger partial charge in [-0.2, -0.15) is 5.06 Å². The molecule has 1 radical (unpaired) electrons. The van der Waals surface area contributed by atoms with E-state index in [1.807, 2.05) is 0 Å². The summed E-state index contributed by atoms with van der Waals surface area (Å²) in [6.45, 7) is 0. The second-order valence-corrected chi connectivity index (χ2v) is 3.08. The topological polar surface area (TPSA) is 53.4 Å². The van der Waals surface area contributed by atoms with Gasteiger partial charge in [-0.25, -0.2) is 0 Å². The zero-order chi connectivity index (χ0) is 11.4. The zero-order valence-corrected chi connectivity index (χ0v) is 8.37. The predicted octanol–water partition coefficient (Wildman–Crippen LogP) is 1.92. The van der Waals surface area contributed by atoms with Crippen molar-refractivity contribution in [3.05, 3.63) is 60.4 Å². The lowest BCUT2D eigenvalue weighted by Crippen LogP contribution is -2.27. The minimum absolute atomic E-state index is 0.183. The average Bonchev–Trinajstić information content (AvgIpc) is 2.39. The van der Waals surface area contributed by atoms with Crippen LogP contribution >= 0.6 is 0 Å². The Kier molecular flexibility index (Phi) is 2.93. The highest BCUT2D eigenvalue weighted by Crippen LogP contribution is 2.12. The van der Waals surface area contributed by atoms with Gasteiger partial charge < -0.3 is 0 Å². The quantitative estimate of drug-likeness (QED) is 0.612. The molecule has 4 heteroatoms. The van der Waals surface area contributed by atoms with Crippen LogP contribution in [0.4, 0.5) is 5.69 Å². The Morgan fingerprint density at radius 2 is 2.06 bits per heavy atom. The van der Waals surface area contributed by atoms with E-state index in [-0.39, 0.29) is 11.4 Å². The third-order valence-corrected chi connectivity index (χ3v) is 2.00. The van der Waals surface area contributed by atoms with Crippen molar-refractivity contribution in [2.45, 2.75) is 0 Å². The first-order valence-corrected chi connectivity index (χ1v) is 4.70. The number of carbonyl (C=O) groups excluding carboxylic acids is 1. The summed E-state index contributed by atoms with van der Waals surface area (Å²) in [5.41, 5.74) is 0.473. The molecule has 0 bridgehead atoms. The SMILES string of the molecule is O=C(c1ccccn1)N(O)c1[c]cccc1. The highest BCUT2D eigenvalue weighted by Gasteiger charge is 2.15. The van der Waals surface area contributed by atoms with Crippen LogP contribution in [-0.4, -0.2) is 16.1 Å². The maximum Gasteiger partial charge on any atom is 0.300 e. The van der Waals surface area contributed by atoms with Gasteiger partial charge in [-0.3, -0.25) is 15.0 Å². The summed E-state index contributed by atoms with van der Waals surface area (Å²) in [6.07, 6.45) is 1.50. The molecule has 0 atom stereocenters. The van der Waals surface area contributed by atoms with E-state index in [1.54, 1.807) is 36.4 Å². The Labute approximate surface area is 92.7 Å². The first-order chi connectivity index (χ1) is 7.79. The lowest BCUT2D eigenvalue weighted by molar-refractivity contribution is 0.0849. The number of aromatic nitrogens is 1. The van der Waals surface area contributed by atoms with Crippen molar-refractivity contribution in [3.8, 4) is 0 Å². The second-order valence-electron chi connectivity index (χ2n) is 3.08. The van der Waals surface area contributed by atoms with Crippen LogP contribution in [0, 0.1) is 6.07 Å². The van der Waals surface area contributed by atoms with E-state index < -0.39 is 5.91 Å². The molecule has 0 aliphatic heterocycles. The van der Waals surface area contributed by atoms with Gasteiger partial charge in [0.25, 0.3) is 0 Å². The lowest BCUT2D eigenvalue weighted by Gasteiger charge is -2.13. The number of benzene rings is 1. The Bertz CT molecular complexity index is 471. The van der Waals surface area contributed by atoms with Gasteiger partial charge in [-0.1, -0.05) is 24.3 Å². The van der Waals surface area contributed by atoms with E-state index in [9.17, 15) is 10.0 Å². The molecule has 0 aliphatic rings. The fourth-order valence-corrected chi connectivity index (χ4v) is 1.22. The Morgan fingerprint density at radius 1 is 1.25 bits per heavy atom. The number of carbonyl (C=O) groups is 1. The average molecular weight is 213 g/mol. The number of rotatable bonds is 2. The van der Waals surface area contributed by atoms with Gasteiger partial charge in [0, 0.05) is 12.3 Å². The number of para-hydroxylation sites is 1. The molecule has 0 aliphatic carbocycles. The number of nitrogens with zero attached hydrogens (tertiary/aromatic N) is 2. The van der Waals surface area contributed by atoms with Crippen LogP contribution < -0.4 is 5.06 Å². The fraction of sp³-hybridized carbons (Fsp3) is 0. The monoisotopic (exact) mass is 213 g/mol. The molecule has 0 saturated carbocycles. The molecule has 79 valence electrons. The molecule has 0 saturated heterocycles. The third kappa shape index (κ3) is 2.07. The highest BCUT2D eigenvalue weighted by atomic mass is 16.5. The van der Waals surface area contributed by atoms with Gasteiger partial charge in [0.05, 0.1) is 5.69 Å². The third-order valence-electron chi connectivity index (χ3n) is 2.00. The highest BCUT2D eigenvalue weighted by molar-refractivity contribution is 6.02. The van der Waals surface area contributed by atoms with Gasteiger partial charge in [-0.05, 0) is 18.2 Å². The van der Waals surface area contributed by atoms with Crippen molar-refractivity contribution in [3.63, 3.8) is 0 Å². The molecule has 0 unspecified atom stereocenters. The van der Waals surface area contributed by atoms with Gasteiger partial charge in [0.2, 0.25) is 0 Å². The van der Waals surface area contributed by atoms with E-state index in [0.29, 0.717) is 5.06 Å². The molecule has 1 aromatic heterocycles. The van der Waals surface area contributed by atoms with Crippen LogP contribution in [0.5, 0.6) is 0 Å².